The lowest BCUT2D eigenvalue weighted by Gasteiger charge is -2.12. The van der Waals surface area contributed by atoms with Gasteiger partial charge in [0.2, 0.25) is 0 Å². The minimum Gasteiger partial charge on any atom is -0.754 e. The maximum Gasteiger partial charge on any atom is 0.343 e. The molecule has 1 heterocycles. The molecular formula is C18H34N4O. The van der Waals surface area contributed by atoms with E-state index in [2.05, 4.69) is 17.2 Å². The van der Waals surface area contributed by atoms with E-state index in [9.17, 15) is 5.21 Å². The van der Waals surface area contributed by atoms with Gasteiger partial charge in [-0.3, -0.25) is 0 Å². The van der Waals surface area contributed by atoms with Crippen LogP contribution in [0.1, 0.15) is 84.0 Å². The molecule has 0 aliphatic rings. The molecule has 5 heteroatoms. The molecule has 0 aliphatic heterocycles. The van der Waals surface area contributed by atoms with Gasteiger partial charge in [0.15, 0.2) is 5.82 Å². The molecule has 1 rings (SSSR count). The number of nitrogen functional groups attached to an aromatic ring is 1. The van der Waals surface area contributed by atoms with Gasteiger partial charge in [-0.05, 0) is 6.42 Å². The average molecular weight is 322 g/mol. The molecule has 0 saturated carbocycles. The normalized spacial score (nSPS) is 10.8. The average Bonchev–Trinajstić information content (AvgIpc) is 2.55. The Labute approximate surface area is 141 Å². The Kier molecular flexibility index (Phi) is 11.0. The van der Waals surface area contributed by atoms with Crippen molar-refractivity contribution in [3.8, 4) is 0 Å². The van der Waals surface area contributed by atoms with Gasteiger partial charge in [-0.25, -0.2) is 4.73 Å². The van der Waals surface area contributed by atoms with Gasteiger partial charge in [0.1, 0.15) is 0 Å². The molecule has 0 radical (unpaired) electrons. The summed E-state index contributed by atoms with van der Waals surface area (Å²) < 4.78 is 0.639. The topological polar surface area (TPSA) is 77.9 Å². The summed E-state index contributed by atoms with van der Waals surface area (Å²) in [6, 6.07) is 1.66. The molecule has 0 aromatic carbocycles. The smallest absolute Gasteiger partial charge is 0.343 e. The third kappa shape index (κ3) is 9.26. The second-order valence-electron chi connectivity index (χ2n) is 6.30. The number of nitrogens with two attached hydrogens (primary N) is 1. The highest BCUT2D eigenvalue weighted by Crippen LogP contribution is 2.12. The van der Waals surface area contributed by atoms with Gasteiger partial charge in [-0.2, -0.15) is 0 Å². The fourth-order valence-corrected chi connectivity index (χ4v) is 2.74. The van der Waals surface area contributed by atoms with Crippen molar-refractivity contribution in [2.75, 3.05) is 17.6 Å². The predicted molar refractivity (Wildman–Crippen MR) is 97.2 cm³/mol. The SMILES string of the molecule is CCCCCCCCCCCCCCNc1ccnc(N)[n+]1[O-]. The molecule has 23 heavy (non-hydrogen) atoms. The third-order valence-corrected chi connectivity index (χ3v) is 4.20. The van der Waals surface area contributed by atoms with E-state index in [1.54, 1.807) is 12.3 Å². The molecule has 5 nitrogen and oxygen atoms in total. The van der Waals surface area contributed by atoms with Crippen LogP contribution in [0.2, 0.25) is 0 Å². The van der Waals surface area contributed by atoms with Crippen LogP contribution in [-0.2, 0) is 0 Å². The fraction of sp³-hybridized carbons (Fsp3) is 0.778. The van der Waals surface area contributed by atoms with Crippen LogP contribution in [0.4, 0.5) is 11.8 Å². The number of unbranched alkanes of at least 4 members (excludes halogenated alkanes) is 11. The number of rotatable bonds is 14. The molecule has 1 aromatic rings. The Morgan fingerprint density at radius 3 is 2.04 bits per heavy atom. The number of hydrogen-bond acceptors (Lipinski definition) is 4. The van der Waals surface area contributed by atoms with E-state index in [-0.39, 0.29) is 5.95 Å². The van der Waals surface area contributed by atoms with Crippen molar-refractivity contribution in [1.82, 2.24) is 4.98 Å². The molecule has 0 atom stereocenters. The van der Waals surface area contributed by atoms with Crippen LogP contribution in [0, 0.1) is 5.21 Å². The molecule has 0 amide bonds. The molecule has 0 unspecified atom stereocenters. The van der Waals surface area contributed by atoms with Crippen molar-refractivity contribution in [3.05, 3.63) is 17.5 Å². The van der Waals surface area contributed by atoms with Crippen LogP contribution < -0.4 is 15.8 Å². The first-order valence-electron chi connectivity index (χ1n) is 9.33. The molecule has 1 aromatic heterocycles. The van der Waals surface area contributed by atoms with Crippen molar-refractivity contribution in [1.29, 1.82) is 0 Å². The quantitative estimate of drug-likeness (QED) is 0.302. The Morgan fingerprint density at radius 1 is 0.957 bits per heavy atom. The van der Waals surface area contributed by atoms with E-state index in [1.165, 1.54) is 70.6 Å². The molecule has 0 bridgehead atoms. The number of nitrogens with zero attached hydrogens (tertiary/aromatic N) is 2. The summed E-state index contributed by atoms with van der Waals surface area (Å²) in [6.07, 6.45) is 17.6. The summed E-state index contributed by atoms with van der Waals surface area (Å²) in [5, 5.41) is 14.7. The van der Waals surface area contributed by atoms with E-state index in [0.717, 1.165) is 13.0 Å². The second-order valence-corrected chi connectivity index (χ2v) is 6.30. The molecule has 0 fully saturated rings. The van der Waals surface area contributed by atoms with Gasteiger partial charge in [0.05, 0.1) is 6.20 Å². The van der Waals surface area contributed by atoms with Crippen molar-refractivity contribution in [2.24, 2.45) is 0 Å². The van der Waals surface area contributed by atoms with Crippen molar-refractivity contribution < 1.29 is 4.73 Å². The molecule has 0 aliphatic carbocycles. The summed E-state index contributed by atoms with van der Waals surface area (Å²) in [5.41, 5.74) is 5.46. The standard InChI is InChI=1S/C18H34N4O/c1-2-3-4-5-6-7-8-9-10-11-12-13-15-20-17-14-16-21-18(19)22(17)23/h14,16,20H,2-13,15H2,1H3,(H2,19,21). The molecule has 132 valence electrons. The summed E-state index contributed by atoms with van der Waals surface area (Å²) >= 11 is 0. The lowest BCUT2D eigenvalue weighted by atomic mass is 10.1. The van der Waals surface area contributed by atoms with Gasteiger partial charge in [0.25, 0.3) is 0 Å². The summed E-state index contributed by atoms with van der Waals surface area (Å²) in [4.78, 5) is 3.74. The van der Waals surface area contributed by atoms with Crippen molar-refractivity contribution in [2.45, 2.75) is 84.0 Å². The summed E-state index contributed by atoms with van der Waals surface area (Å²) in [7, 11) is 0. The monoisotopic (exact) mass is 322 g/mol. The third-order valence-electron chi connectivity index (χ3n) is 4.20. The summed E-state index contributed by atoms with van der Waals surface area (Å²) in [6.45, 7) is 3.07. The first-order chi connectivity index (χ1) is 11.3. The van der Waals surface area contributed by atoms with E-state index < -0.39 is 0 Å². The van der Waals surface area contributed by atoms with Crippen LogP contribution in [0.15, 0.2) is 12.3 Å². The zero-order valence-electron chi connectivity index (χ0n) is 14.7. The maximum absolute atomic E-state index is 11.6. The maximum atomic E-state index is 11.6. The van der Waals surface area contributed by atoms with E-state index in [1.807, 2.05) is 0 Å². The lowest BCUT2D eigenvalue weighted by Crippen LogP contribution is -2.35. The predicted octanol–water partition coefficient (Wildman–Crippen LogP) is 4.41. The largest absolute Gasteiger partial charge is 0.754 e. The molecule has 0 spiro atoms. The highest BCUT2D eigenvalue weighted by molar-refractivity contribution is 5.29. The first kappa shape index (κ1) is 19.5. The van der Waals surface area contributed by atoms with Gasteiger partial charge in [0, 0.05) is 12.6 Å². The van der Waals surface area contributed by atoms with Crippen LogP contribution in [0.3, 0.4) is 0 Å². The van der Waals surface area contributed by atoms with Gasteiger partial charge >= 0.3 is 5.95 Å². The van der Waals surface area contributed by atoms with Crippen LogP contribution >= 0.6 is 0 Å². The van der Waals surface area contributed by atoms with Gasteiger partial charge in [-0.15, -0.1) is 4.98 Å². The van der Waals surface area contributed by atoms with Crippen LogP contribution in [-0.4, -0.2) is 11.5 Å². The van der Waals surface area contributed by atoms with E-state index >= 15 is 0 Å². The number of anilines is 2. The van der Waals surface area contributed by atoms with Crippen LogP contribution in [0.25, 0.3) is 0 Å². The zero-order valence-corrected chi connectivity index (χ0v) is 14.7. The van der Waals surface area contributed by atoms with Gasteiger partial charge in [-0.1, -0.05) is 77.6 Å². The van der Waals surface area contributed by atoms with Gasteiger partial charge < -0.3 is 16.3 Å². The van der Waals surface area contributed by atoms with Crippen LogP contribution in [0.5, 0.6) is 0 Å². The Hall–Kier alpha value is -1.52. The second kappa shape index (κ2) is 13.0. The zero-order chi connectivity index (χ0) is 16.8. The molecular weight excluding hydrogens is 288 g/mol. The Balaban J connectivity index is 1.87. The van der Waals surface area contributed by atoms with Crippen molar-refractivity contribution >= 4 is 11.8 Å². The van der Waals surface area contributed by atoms with E-state index in [0.29, 0.717) is 10.5 Å². The highest BCUT2D eigenvalue weighted by atomic mass is 16.5. The Morgan fingerprint density at radius 2 is 1.48 bits per heavy atom. The minimum absolute atomic E-state index is 0.00954. The summed E-state index contributed by atoms with van der Waals surface area (Å²) in [5.74, 6) is 0.477. The number of nitrogens with one attached hydrogen (secondary N) is 1. The lowest BCUT2D eigenvalue weighted by molar-refractivity contribution is -0.577. The molecule has 0 saturated heterocycles. The van der Waals surface area contributed by atoms with Crippen molar-refractivity contribution in [3.63, 3.8) is 0 Å². The van der Waals surface area contributed by atoms with E-state index in [4.69, 9.17) is 5.73 Å². The minimum atomic E-state index is -0.00954. The highest BCUT2D eigenvalue weighted by Gasteiger charge is 2.03. The first-order valence-corrected chi connectivity index (χ1v) is 9.33. The number of aromatic nitrogens is 2. The number of hydrogen-bond donors (Lipinski definition) is 2. The fourth-order valence-electron chi connectivity index (χ4n) is 2.74. The molecule has 3 N–H and O–H groups in total. The Bertz CT molecular complexity index is 412.